The first-order valence-corrected chi connectivity index (χ1v) is 0. The molecule has 0 aromatic carbocycles. The Morgan fingerprint density at radius 3 is 1.25 bits per heavy atom. The molecular weight excluding hydrogens is 118 g/mol. The molecule has 0 aliphatic rings. The molecule has 0 heterocycles. The molecule has 0 saturated carbocycles. The van der Waals surface area contributed by atoms with Gasteiger partial charge >= 0.3 is 71.5 Å². The summed E-state index contributed by atoms with van der Waals surface area (Å²) in [4.78, 5) is 0. The first-order valence-electron chi connectivity index (χ1n) is 0. The molecule has 0 aliphatic heterocycles. The fourth-order valence-corrected chi connectivity index (χ4v) is 0. The maximum absolute atomic E-state index is 0. The topological polar surface area (TPSA) is 0 Å². The summed E-state index contributed by atoms with van der Waals surface area (Å²) in [6.07, 6.45) is 0. The van der Waals surface area contributed by atoms with Crippen molar-refractivity contribution in [1.82, 2.24) is 0 Å². The van der Waals surface area contributed by atoms with Crippen LogP contribution in [0, 0.1) is 0 Å². The van der Waals surface area contributed by atoms with Crippen molar-refractivity contribution in [3.63, 3.8) is 0 Å². The summed E-state index contributed by atoms with van der Waals surface area (Å²) in [5, 5.41) is 0. The average molecular weight is 122 g/mol. The van der Waals surface area contributed by atoms with Crippen LogP contribution in [0.4, 0.5) is 0 Å². The van der Waals surface area contributed by atoms with Crippen molar-refractivity contribution in [3.8, 4) is 0 Å². The van der Waals surface area contributed by atoms with Gasteiger partial charge in [-0.05, 0) is 0 Å². The van der Waals surface area contributed by atoms with E-state index >= 15 is 0 Å². The van der Waals surface area contributed by atoms with Gasteiger partial charge in [-0.3, -0.25) is 0 Å². The van der Waals surface area contributed by atoms with Gasteiger partial charge in [-0.15, -0.1) is 0 Å². The summed E-state index contributed by atoms with van der Waals surface area (Å²) in [6.45, 7) is 0. The van der Waals surface area contributed by atoms with E-state index < -0.39 is 0 Å². The van der Waals surface area contributed by atoms with Crippen LogP contribution in [0.5, 0.6) is 0 Å². The molecule has 0 aromatic rings. The van der Waals surface area contributed by atoms with Gasteiger partial charge in [-0.25, -0.2) is 0 Å². The molecule has 4 heavy (non-hydrogen) atoms. The van der Waals surface area contributed by atoms with Crippen LogP contribution in [-0.4, -0.2) is 23.1 Å². The summed E-state index contributed by atoms with van der Waals surface area (Å²) in [5.74, 6) is 0. The standard InChI is InChI=1S/Cu.Li.Mg.Na.4H/q;+1;+2;+1;4*-1. The van der Waals surface area contributed by atoms with Crippen LogP contribution in [0.3, 0.4) is 0 Å². The van der Waals surface area contributed by atoms with Crippen molar-refractivity contribution >= 4 is 23.1 Å². The van der Waals surface area contributed by atoms with Crippen LogP contribution < -0.4 is 48.4 Å². The molecule has 0 spiro atoms. The van der Waals surface area contributed by atoms with Gasteiger partial charge in [0.1, 0.15) is 0 Å². The Morgan fingerprint density at radius 1 is 1.25 bits per heavy atom. The molecule has 1 radical (unpaired) electrons. The fourth-order valence-electron chi connectivity index (χ4n) is 0. The van der Waals surface area contributed by atoms with Gasteiger partial charge in [-0.2, -0.15) is 0 Å². The van der Waals surface area contributed by atoms with Gasteiger partial charge < -0.3 is 5.71 Å². The zero-order valence-electron chi connectivity index (χ0n) is 7.01. The SMILES string of the molecule is [Cu].[H-].[H-].[H-].[H-].[Li+].[Mg+2].[Na+]. The van der Waals surface area contributed by atoms with E-state index in [9.17, 15) is 0 Å². The second kappa shape index (κ2) is 16.9. The predicted octanol–water partition coefficient (Wildman–Crippen LogP) is -5.93. The molecule has 4 heteroatoms. The van der Waals surface area contributed by atoms with Gasteiger partial charge in [0.2, 0.25) is 0 Å². The Labute approximate surface area is 92.9 Å². The van der Waals surface area contributed by atoms with E-state index in [0.717, 1.165) is 0 Å². The van der Waals surface area contributed by atoms with Crippen molar-refractivity contribution < 1.29 is 71.2 Å². The van der Waals surface area contributed by atoms with Crippen LogP contribution in [-0.2, 0) is 17.1 Å². The molecule has 0 unspecified atom stereocenters. The second-order valence-electron chi connectivity index (χ2n) is 0. The summed E-state index contributed by atoms with van der Waals surface area (Å²) in [5.41, 5.74) is 0. The smallest absolute Gasteiger partial charge is 1.00 e. The quantitative estimate of drug-likeness (QED) is 0.280. The van der Waals surface area contributed by atoms with Gasteiger partial charge in [0, 0.05) is 17.1 Å². The predicted molar refractivity (Wildman–Crippen MR) is 10.2 cm³/mol. The van der Waals surface area contributed by atoms with E-state index in [0.29, 0.717) is 0 Å². The van der Waals surface area contributed by atoms with Crippen LogP contribution in [0.15, 0.2) is 0 Å². The number of rotatable bonds is 0. The van der Waals surface area contributed by atoms with Crippen LogP contribution in [0.1, 0.15) is 5.71 Å². The zero-order chi connectivity index (χ0) is 0. The van der Waals surface area contributed by atoms with Gasteiger partial charge in [0.25, 0.3) is 0 Å². The van der Waals surface area contributed by atoms with E-state index in [1.807, 2.05) is 0 Å². The third kappa shape index (κ3) is 8.86. The largest absolute Gasteiger partial charge is 2.00 e. The minimum absolute atomic E-state index is 0. The maximum atomic E-state index is 0. The molecule has 0 N–H and O–H groups in total. The normalized spacial score (nSPS) is 0. The molecule has 0 aromatic heterocycles. The summed E-state index contributed by atoms with van der Waals surface area (Å²) in [6, 6.07) is 0. The van der Waals surface area contributed by atoms with E-state index in [-0.39, 0.29) is 94.2 Å². The molecule has 0 amide bonds. The van der Waals surface area contributed by atoms with Gasteiger partial charge in [-0.1, -0.05) is 0 Å². The molecule has 19 valence electrons. The Hall–Kier alpha value is 2.88. The molecule has 0 nitrogen and oxygen atoms in total. The van der Waals surface area contributed by atoms with E-state index in [4.69, 9.17) is 0 Å². The zero-order valence-corrected chi connectivity index (χ0v) is 7.36. The summed E-state index contributed by atoms with van der Waals surface area (Å²) < 4.78 is 0. The number of hydrogen-bond donors (Lipinski definition) is 0. The Balaban J connectivity index is 0. The maximum Gasteiger partial charge on any atom is 2.00 e. The third-order valence-electron chi connectivity index (χ3n) is 0. The van der Waals surface area contributed by atoms with Gasteiger partial charge in [0.15, 0.2) is 0 Å². The third-order valence-corrected chi connectivity index (χ3v) is 0. The molecule has 0 rings (SSSR count). The fraction of sp³-hybridized carbons (Fsp3) is 0. The molecule has 0 bridgehead atoms. The Bertz CT molecular complexity index is 16.0. The van der Waals surface area contributed by atoms with Crippen molar-refractivity contribution in [1.29, 1.82) is 0 Å². The first kappa shape index (κ1) is 28.7. The van der Waals surface area contributed by atoms with Crippen molar-refractivity contribution in [2.45, 2.75) is 0 Å². The monoisotopic (exact) mass is 121 g/mol. The van der Waals surface area contributed by atoms with Gasteiger partial charge in [0.05, 0.1) is 0 Å². The van der Waals surface area contributed by atoms with Crippen LogP contribution >= 0.6 is 0 Å². The second-order valence-corrected chi connectivity index (χ2v) is 0. The minimum atomic E-state index is 0. The molecule has 0 atom stereocenters. The molecule has 0 fully saturated rings. The van der Waals surface area contributed by atoms with Crippen molar-refractivity contribution in [3.05, 3.63) is 0 Å². The summed E-state index contributed by atoms with van der Waals surface area (Å²) in [7, 11) is 0. The number of hydrogen-bond acceptors (Lipinski definition) is 0. The Kier molecular flexibility index (Phi) is 121. The van der Waals surface area contributed by atoms with E-state index in [2.05, 4.69) is 0 Å². The molecular formula is H4CuLiMgNa. The Morgan fingerprint density at radius 2 is 1.25 bits per heavy atom. The average Bonchev–Trinajstić information content (AvgIpc) is 0. The van der Waals surface area contributed by atoms with Crippen molar-refractivity contribution in [2.24, 2.45) is 0 Å². The molecule has 0 aliphatic carbocycles. The summed E-state index contributed by atoms with van der Waals surface area (Å²) >= 11 is 0. The minimum Gasteiger partial charge on any atom is -1.00 e. The van der Waals surface area contributed by atoms with Crippen LogP contribution in [0.25, 0.3) is 0 Å². The first-order chi connectivity index (χ1) is 0. The van der Waals surface area contributed by atoms with E-state index in [1.54, 1.807) is 0 Å². The molecule has 0 saturated heterocycles. The van der Waals surface area contributed by atoms with Crippen LogP contribution in [0.2, 0.25) is 0 Å². The van der Waals surface area contributed by atoms with E-state index in [1.165, 1.54) is 0 Å². The van der Waals surface area contributed by atoms with Crippen molar-refractivity contribution in [2.75, 3.05) is 0 Å².